The van der Waals surface area contributed by atoms with Crippen molar-refractivity contribution in [2.75, 3.05) is 6.54 Å². The lowest BCUT2D eigenvalue weighted by Gasteiger charge is -2.12. The molecular formula is C15H16N2O. The van der Waals surface area contributed by atoms with Crippen LogP contribution in [0.2, 0.25) is 0 Å². The first-order valence-corrected chi connectivity index (χ1v) is 6.27. The zero-order chi connectivity index (χ0) is 12.5. The van der Waals surface area contributed by atoms with Gasteiger partial charge in [0, 0.05) is 36.3 Å². The minimum absolute atomic E-state index is 0.200. The molecule has 0 atom stereocenters. The largest absolute Gasteiger partial charge is 0.361 e. The van der Waals surface area contributed by atoms with Crippen LogP contribution in [0, 0.1) is 6.92 Å². The number of aryl methyl sites for hydroxylation is 1. The molecule has 92 valence electrons. The number of nitrogens with one attached hydrogen (secondary N) is 1. The molecule has 1 aliphatic heterocycles. The van der Waals surface area contributed by atoms with Crippen LogP contribution in [0.15, 0.2) is 36.7 Å². The fraction of sp³-hybridized carbons (Fsp3) is 0.267. The molecule has 1 N–H and O–H groups in total. The van der Waals surface area contributed by atoms with Gasteiger partial charge in [-0.05, 0) is 31.0 Å². The second-order valence-corrected chi connectivity index (χ2v) is 4.79. The predicted molar refractivity (Wildman–Crippen MR) is 72.2 cm³/mol. The molecule has 3 rings (SSSR count). The molecule has 0 radical (unpaired) electrons. The van der Waals surface area contributed by atoms with Gasteiger partial charge in [-0.25, -0.2) is 0 Å². The van der Waals surface area contributed by atoms with Crippen molar-refractivity contribution in [1.82, 2.24) is 9.88 Å². The maximum atomic E-state index is 11.5. The van der Waals surface area contributed by atoms with Gasteiger partial charge in [-0.1, -0.05) is 17.7 Å². The van der Waals surface area contributed by atoms with E-state index < -0.39 is 0 Å². The zero-order valence-electron chi connectivity index (χ0n) is 10.4. The number of hydrogen-bond donors (Lipinski definition) is 1. The van der Waals surface area contributed by atoms with E-state index in [1.165, 1.54) is 22.0 Å². The van der Waals surface area contributed by atoms with Crippen LogP contribution in [0.3, 0.4) is 0 Å². The maximum Gasteiger partial charge on any atom is 0.230 e. The van der Waals surface area contributed by atoms with Crippen LogP contribution in [0.4, 0.5) is 0 Å². The molecular weight excluding hydrogens is 224 g/mol. The molecule has 2 aromatic rings. The Balaban J connectivity index is 1.80. The number of fused-ring (bicyclic) bond motifs is 1. The third kappa shape index (κ3) is 1.92. The lowest BCUT2D eigenvalue weighted by molar-refractivity contribution is -0.126. The average Bonchev–Trinajstić information content (AvgIpc) is 2.93. The highest BCUT2D eigenvalue weighted by Gasteiger charge is 2.14. The SMILES string of the molecule is Cc1ccc2[nH]cc(CCN3C=CCC3=O)c2c1. The van der Waals surface area contributed by atoms with Gasteiger partial charge in [-0.3, -0.25) is 4.79 Å². The van der Waals surface area contributed by atoms with E-state index in [-0.39, 0.29) is 5.91 Å². The average molecular weight is 240 g/mol. The minimum atomic E-state index is 0.200. The van der Waals surface area contributed by atoms with E-state index in [2.05, 4.69) is 30.1 Å². The number of hydrogen-bond acceptors (Lipinski definition) is 1. The molecule has 1 amide bonds. The van der Waals surface area contributed by atoms with Crippen LogP contribution in [-0.4, -0.2) is 22.3 Å². The van der Waals surface area contributed by atoms with E-state index in [9.17, 15) is 4.79 Å². The Morgan fingerprint density at radius 3 is 3.06 bits per heavy atom. The van der Waals surface area contributed by atoms with Crippen LogP contribution < -0.4 is 0 Å². The number of nitrogens with zero attached hydrogens (tertiary/aromatic N) is 1. The Morgan fingerprint density at radius 1 is 1.39 bits per heavy atom. The number of aromatic nitrogens is 1. The van der Waals surface area contributed by atoms with Crippen LogP contribution in [0.25, 0.3) is 10.9 Å². The number of benzene rings is 1. The number of carbonyl (C=O) groups excluding carboxylic acids is 1. The van der Waals surface area contributed by atoms with E-state index >= 15 is 0 Å². The van der Waals surface area contributed by atoms with Crippen LogP contribution in [0.1, 0.15) is 17.5 Å². The fourth-order valence-electron chi connectivity index (χ4n) is 2.42. The molecule has 1 aromatic carbocycles. The van der Waals surface area contributed by atoms with Gasteiger partial charge in [0.15, 0.2) is 0 Å². The van der Waals surface area contributed by atoms with Crippen molar-refractivity contribution >= 4 is 16.8 Å². The van der Waals surface area contributed by atoms with E-state index in [1.807, 2.05) is 18.5 Å². The third-order valence-electron chi connectivity index (χ3n) is 3.44. The summed E-state index contributed by atoms with van der Waals surface area (Å²) in [6.45, 7) is 2.86. The Morgan fingerprint density at radius 2 is 2.28 bits per heavy atom. The summed E-state index contributed by atoms with van der Waals surface area (Å²) in [5, 5.41) is 1.27. The lowest BCUT2D eigenvalue weighted by Crippen LogP contribution is -2.23. The second-order valence-electron chi connectivity index (χ2n) is 4.79. The molecule has 1 aliphatic rings. The standard InChI is InChI=1S/C15H16N2O/c1-11-4-5-14-13(9-11)12(10-16-14)6-8-17-7-2-3-15(17)18/h2,4-5,7,9-10,16H,3,6,8H2,1H3. The van der Waals surface area contributed by atoms with Gasteiger partial charge in [0.05, 0.1) is 0 Å². The van der Waals surface area contributed by atoms with E-state index in [0.717, 1.165) is 13.0 Å². The molecule has 0 fully saturated rings. The first kappa shape index (κ1) is 11.1. The van der Waals surface area contributed by atoms with E-state index in [4.69, 9.17) is 0 Å². The summed E-state index contributed by atoms with van der Waals surface area (Å²) in [5.74, 6) is 0.200. The molecule has 0 saturated heterocycles. The highest BCUT2D eigenvalue weighted by atomic mass is 16.2. The van der Waals surface area contributed by atoms with Crippen molar-refractivity contribution in [3.05, 3.63) is 47.8 Å². The zero-order valence-corrected chi connectivity index (χ0v) is 10.4. The molecule has 0 saturated carbocycles. The minimum Gasteiger partial charge on any atom is -0.361 e. The summed E-state index contributed by atoms with van der Waals surface area (Å²) in [7, 11) is 0. The summed E-state index contributed by atoms with van der Waals surface area (Å²) in [6, 6.07) is 6.41. The van der Waals surface area contributed by atoms with Crippen molar-refractivity contribution in [3.8, 4) is 0 Å². The molecule has 2 heterocycles. The summed E-state index contributed by atoms with van der Waals surface area (Å²) in [6.07, 6.45) is 7.30. The fourth-order valence-corrected chi connectivity index (χ4v) is 2.42. The number of carbonyl (C=O) groups is 1. The smallest absolute Gasteiger partial charge is 0.230 e. The van der Waals surface area contributed by atoms with Crippen molar-refractivity contribution in [3.63, 3.8) is 0 Å². The van der Waals surface area contributed by atoms with Gasteiger partial charge < -0.3 is 9.88 Å². The first-order valence-electron chi connectivity index (χ1n) is 6.27. The topological polar surface area (TPSA) is 36.1 Å². The molecule has 0 unspecified atom stereocenters. The maximum absolute atomic E-state index is 11.5. The number of H-pyrrole nitrogens is 1. The van der Waals surface area contributed by atoms with Crippen molar-refractivity contribution in [2.24, 2.45) is 0 Å². The molecule has 18 heavy (non-hydrogen) atoms. The van der Waals surface area contributed by atoms with Crippen molar-refractivity contribution in [2.45, 2.75) is 19.8 Å². The summed E-state index contributed by atoms with van der Waals surface area (Å²) < 4.78 is 0. The highest BCUT2D eigenvalue weighted by molar-refractivity contribution is 5.84. The van der Waals surface area contributed by atoms with Crippen LogP contribution in [-0.2, 0) is 11.2 Å². The number of amides is 1. The van der Waals surface area contributed by atoms with Gasteiger partial charge >= 0.3 is 0 Å². The van der Waals surface area contributed by atoms with Crippen molar-refractivity contribution in [1.29, 1.82) is 0 Å². The van der Waals surface area contributed by atoms with Crippen molar-refractivity contribution < 1.29 is 4.79 Å². The van der Waals surface area contributed by atoms with E-state index in [0.29, 0.717) is 6.42 Å². The lowest BCUT2D eigenvalue weighted by atomic mass is 10.1. The number of rotatable bonds is 3. The Kier molecular flexibility index (Phi) is 2.67. The Hall–Kier alpha value is -2.03. The molecule has 0 bridgehead atoms. The predicted octanol–water partition coefficient (Wildman–Crippen LogP) is 2.76. The Bertz CT molecular complexity index is 624. The summed E-state index contributed by atoms with van der Waals surface area (Å²) in [4.78, 5) is 16.6. The van der Waals surface area contributed by atoms with Gasteiger partial charge in [0.25, 0.3) is 0 Å². The summed E-state index contributed by atoms with van der Waals surface area (Å²) >= 11 is 0. The summed E-state index contributed by atoms with van der Waals surface area (Å²) in [5.41, 5.74) is 3.71. The highest BCUT2D eigenvalue weighted by Crippen LogP contribution is 2.20. The Labute approximate surface area is 106 Å². The third-order valence-corrected chi connectivity index (χ3v) is 3.44. The molecule has 0 spiro atoms. The van der Waals surface area contributed by atoms with Gasteiger partial charge in [-0.2, -0.15) is 0 Å². The normalized spacial score (nSPS) is 14.9. The van der Waals surface area contributed by atoms with Gasteiger partial charge in [0.1, 0.15) is 0 Å². The number of aromatic amines is 1. The van der Waals surface area contributed by atoms with E-state index in [1.54, 1.807) is 4.90 Å². The molecule has 1 aromatic heterocycles. The van der Waals surface area contributed by atoms with Gasteiger partial charge in [-0.15, -0.1) is 0 Å². The van der Waals surface area contributed by atoms with Gasteiger partial charge in [0.2, 0.25) is 5.91 Å². The molecule has 3 nitrogen and oxygen atoms in total. The second kappa shape index (κ2) is 4.33. The van der Waals surface area contributed by atoms with Crippen LogP contribution in [0.5, 0.6) is 0 Å². The molecule has 0 aliphatic carbocycles. The first-order chi connectivity index (χ1) is 8.74. The molecule has 3 heteroatoms. The quantitative estimate of drug-likeness (QED) is 0.879. The van der Waals surface area contributed by atoms with Crippen LogP contribution >= 0.6 is 0 Å². The monoisotopic (exact) mass is 240 g/mol.